The van der Waals surface area contributed by atoms with E-state index in [2.05, 4.69) is 5.32 Å². The van der Waals surface area contributed by atoms with Crippen LogP contribution in [-0.4, -0.2) is 30.1 Å². The van der Waals surface area contributed by atoms with Crippen molar-refractivity contribution in [3.8, 4) is 0 Å². The number of carbonyl (C=O) groups is 2. The van der Waals surface area contributed by atoms with Gasteiger partial charge in [0.15, 0.2) is 0 Å². The Hall–Kier alpha value is -2.18. The number of carbonyl (C=O) groups excluding carboxylic acids is 1. The van der Waals surface area contributed by atoms with E-state index in [4.69, 9.17) is 5.11 Å². The summed E-state index contributed by atoms with van der Waals surface area (Å²) in [6.45, 7) is -0.718. The number of aliphatic carboxylic acids is 1. The molecule has 0 aromatic heterocycles. The number of aryl methyl sites for hydroxylation is 1. The predicted molar refractivity (Wildman–Crippen MR) is 65.4 cm³/mol. The van der Waals surface area contributed by atoms with Crippen molar-refractivity contribution < 1.29 is 23.5 Å². The summed E-state index contributed by atoms with van der Waals surface area (Å²) < 4.78 is 23.8. The molecule has 5 nitrogen and oxygen atoms in total. The number of alkyl halides is 2. The number of amides is 2. The number of carboxylic acids is 1. The number of hydrogen-bond donors (Lipinski definition) is 3. The molecular formula is C12H14F2N2O3. The highest BCUT2D eigenvalue weighted by Crippen LogP contribution is 2.12. The van der Waals surface area contributed by atoms with Crippen molar-refractivity contribution in [1.29, 1.82) is 0 Å². The van der Waals surface area contributed by atoms with Crippen LogP contribution in [0.2, 0.25) is 0 Å². The molecule has 1 aromatic carbocycles. The van der Waals surface area contributed by atoms with E-state index in [1.165, 1.54) is 0 Å². The minimum atomic E-state index is -2.60. The summed E-state index contributed by atoms with van der Waals surface area (Å²) in [5.41, 5.74) is 1.17. The van der Waals surface area contributed by atoms with Gasteiger partial charge in [-0.2, -0.15) is 0 Å². The highest BCUT2D eigenvalue weighted by atomic mass is 19.3. The van der Waals surface area contributed by atoms with Crippen LogP contribution in [0, 0.1) is 0 Å². The van der Waals surface area contributed by atoms with Crippen LogP contribution in [0.4, 0.5) is 19.3 Å². The molecular weight excluding hydrogens is 258 g/mol. The Bertz CT molecular complexity index is 452. The van der Waals surface area contributed by atoms with Crippen LogP contribution in [0.5, 0.6) is 0 Å². The van der Waals surface area contributed by atoms with Crippen molar-refractivity contribution in [2.24, 2.45) is 0 Å². The second kappa shape index (κ2) is 7.30. The predicted octanol–water partition coefficient (Wildman–Crippen LogP) is 2.09. The van der Waals surface area contributed by atoms with Gasteiger partial charge in [0.25, 0.3) is 6.43 Å². The Balaban J connectivity index is 2.51. The fraction of sp³-hybridized carbons (Fsp3) is 0.333. The largest absolute Gasteiger partial charge is 0.481 e. The molecule has 0 radical (unpaired) electrons. The first-order chi connectivity index (χ1) is 8.97. The van der Waals surface area contributed by atoms with Gasteiger partial charge in [-0.3, -0.25) is 4.79 Å². The van der Waals surface area contributed by atoms with E-state index in [0.29, 0.717) is 12.1 Å². The van der Waals surface area contributed by atoms with Gasteiger partial charge >= 0.3 is 12.0 Å². The fourth-order valence-corrected chi connectivity index (χ4v) is 1.40. The number of hydrogen-bond acceptors (Lipinski definition) is 2. The highest BCUT2D eigenvalue weighted by Gasteiger charge is 2.07. The molecule has 3 N–H and O–H groups in total. The SMILES string of the molecule is O=C(O)CCc1cccc(NC(=O)NCC(F)F)c1. The van der Waals surface area contributed by atoms with Crippen LogP contribution in [0.15, 0.2) is 24.3 Å². The van der Waals surface area contributed by atoms with Crippen LogP contribution in [0.3, 0.4) is 0 Å². The standard InChI is InChI=1S/C12H14F2N2O3/c13-10(14)7-15-12(19)16-9-3-1-2-8(6-9)4-5-11(17)18/h1-3,6,10H,4-5,7H2,(H,17,18)(H2,15,16,19). The van der Waals surface area contributed by atoms with Gasteiger partial charge in [-0.15, -0.1) is 0 Å². The van der Waals surface area contributed by atoms with Crippen LogP contribution < -0.4 is 10.6 Å². The monoisotopic (exact) mass is 272 g/mol. The Morgan fingerprint density at radius 2 is 2.05 bits per heavy atom. The summed E-state index contributed by atoms with van der Waals surface area (Å²) in [6.07, 6.45) is -2.28. The molecule has 2 amide bonds. The fourth-order valence-electron chi connectivity index (χ4n) is 1.40. The smallest absolute Gasteiger partial charge is 0.319 e. The normalized spacial score (nSPS) is 10.3. The molecule has 0 aliphatic rings. The second-order valence-corrected chi connectivity index (χ2v) is 3.82. The Morgan fingerprint density at radius 3 is 2.68 bits per heavy atom. The van der Waals surface area contributed by atoms with E-state index < -0.39 is 25.0 Å². The average molecular weight is 272 g/mol. The third-order valence-electron chi connectivity index (χ3n) is 2.23. The Morgan fingerprint density at radius 1 is 1.32 bits per heavy atom. The summed E-state index contributed by atoms with van der Waals surface area (Å²) >= 11 is 0. The van der Waals surface area contributed by atoms with Gasteiger partial charge in [-0.1, -0.05) is 12.1 Å². The first-order valence-corrected chi connectivity index (χ1v) is 5.61. The number of halogens is 2. The van der Waals surface area contributed by atoms with Gasteiger partial charge in [0.2, 0.25) is 0 Å². The quantitative estimate of drug-likeness (QED) is 0.742. The molecule has 0 heterocycles. The lowest BCUT2D eigenvalue weighted by atomic mass is 10.1. The van der Waals surface area contributed by atoms with Gasteiger partial charge in [-0.25, -0.2) is 13.6 Å². The number of rotatable bonds is 6. The summed E-state index contributed by atoms with van der Waals surface area (Å²) in [4.78, 5) is 21.7. The van der Waals surface area contributed by atoms with E-state index in [1.807, 2.05) is 5.32 Å². The van der Waals surface area contributed by atoms with E-state index in [0.717, 1.165) is 5.56 Å². The lowest BCUT2D eigenvalue weighted by Gasteiger charge is -2.08. The first kappa shape index (κ1) is 14.9. The van der Waals surface area contributed by atoms with Crippen molar-refractivity contribution in [3.63, 3.8) is 0 Å². The molecule has 0 fully saturated rings. The summed E-state index contributed by atoms with van der Waals surface area (Å²) in [5, 5.41) is 13.0. The maximum atomic E-state index is 11.9. The zero-order valence-electron chi connectivity index (χ0n) is 10.0. The van der Waals surface area contributed by atoms with Crippen LogP contribution >= 0.6 is 0 Å². The number of anilines is 1. The van der Waals surface area contributed by atoms with Gasteiger partial charge < -0.3 is 15.7 Å². The van der Waals surface area contributed by atoms with Crippen molar-refractivity contribution >= 4 is 17.7 Å². The third kappa shape index (κ3) is 6.35. The van der Waals surface area contributed by atoms with Crippen LogP contribution in [0.25, 0.3) is 0 Å². The molecule has 1 aromatic rings. The molecule has 7 heteroatoms. The number of urea groups is 1. The van der Waals surface area contributed by atoms with Crippen molar-refractivity contribution in [1.82, 2.24) is 5.32 Å². The van der Waals surface area contributed by atoms with E-state index in [1.54, 1.807) is 24.3 Å². The molecule has 104 valence electrons. The summed E-state index contributed by atoms with van der Waals surface area (Å²) in [5.74, 6) is -0.909. The van der Waals surface area contributed by atoms with Crippen LogP contribution in [0.1, 0.15) is 12.0 Å². The minimum absolute atomic E-state index is 0.0129. The van der Waals surface area contributed by atoms with E-state index >= 15 is 0 Å². The molecule has 0 bridgehead atoms. The molecule has 0 aliphatic heterocycles. The maximum absolute atomic E-state index is 11.9. The molecule has 1 rings (SSSR count). The van der Waals surface area contributed by atoms with Crippen LogP contribution in [-0.2, 0) is 11.2 Å². The molecule has 19 heavy (non-hydrogen) atoms. The summed E-state index contributed by atoms with van der Waals surface area (Å²) in [7, 11) is 0. The van der Waals surface area contributed by atoms with Gasteiger partial charge in [-0.05, 0) is 24.1 Å². The van der Waals surface area contributed by atoms with Crippen molar-refractivity contribution in [3.05, 3.63) is 29.8 Å². The zero-order chi connectivity index (χ0) is 14.3. The maximum Gasteiger partial charge on any atom is 0.319 e. The highest BCUT2D eigenvalue weighted by molar-refractivity contribution is 5.89. The first-order valence-electron chi connectivity index (χ1n) is 5.61. The lowest BCUT2D eigenvalue weighted by molar-refractivity contribution is -0.136. The summed E-state index contributed by atoms with van der Waals surface area (Å²) in [6, 6.07) is 5.85. The number of benzene rings is 1. The molecule has 0 aliphatic carbocycles. The average Bonchev–Trinajstić information content (AvgIpc) is 2.34. The number of carboxylic acid groups (broad SMARTS) is 1. The van der Waals surface area contributed by atoms with E-state index in [-0.39, 0.29) is 6.42 Å². The molecule has 0 unspecified atom stereocenters. The lowest BCUT2D eigenvalue weighted by Crippen LogP contribution is -2.32. The zero-order valence-corrected chi connectivity index (χ0v) is 10.0. The van der Waals surface area contributed by atoms with E-state index in [9.17, 15) is 18.4 Å². The molecule has 0 spiro atoms. The molecule has 0 atom stereocenters. The van der Waals surface area contributed by atoms with Gasteiger partial charge in [0.1, 0.15) is 0 Å². The Labute approximate surface area is 108 Å². The van der Waals surface area contributed by atoms with Gasteiger partial charge in [0.05, 0.1) is 6.54 Å². The Kier molecular flexibility index (Phi) is 5.72. The number of nitrogens with one attached hydrogen (secondary N) is 2. The van der Waals surface area contributed by atoms with Crippen molar-refractivity contribution in [2.45, 2.75) is 19.3 Å². The minimum Gasteiger partial charge on any atom is -0.481 e. The topological polar surface area (TPSA) is 78.4 Å². The van der Waals surface area contributed by atoms with Gasteiger partial charge in [0, 0.05) is 12.1 Å². The molecule has 0 saturated heterocycles. The van der Waals surface area contributed by atoms with Crippen molar-refractivity contribution in [2.75, 3.05) is 11.9 Å². The third-order valence-corrected chi connectivity index (χ3v) is 2.23. The molecule has 0 saturated carbocycles. The second-order valence-electron chi connectivity index (χ2n) is 3.82.